The van der Waals surface area contributed by atoms with Crippen molar-refractivity contribution >= 4 is 23.4 Å². The van der Waals surface area contributed by atoms with Gasteiger partial charge in [-0.15, -0.1) is 0 Å². The molecule has 0 radical (unpaired) electrons. The number of amides is 2. The van der Waals surface area contributed by atoms with Crippen LogP contribution in [0.2, 0.25) is 0 Å². The Morgan fingerprint density at radius 2 is 2.14 bits per heavy atom. The molecule has 2 aromatic heterocycles. The number of urea groups is 1. The highest BCUT2D eigenvalue weighted by Crippen LogP contribution is 2.45. The molecule has 0 spiro atoms. The van der Waals surface area contributed by atoms with Crippen LogP contribution in [0.15, 0.2) is 54.7 Å². The van der Waals surface area contributed by atoms with Gasteiger partial charge in [0.05, 0.1) is 16.9 Å². The Balaban J connectivity index is 1.52. The summed E-state index contributed by atoms with van der Waals surface area (Å²) in [4.78, 5) is 25.6. The molecule has 0 unspecified atom stereocenters. The number of anilines is 3. The first-order chi connectivity index (χ1) is 14.2. The lowest BCUT2D eigenvalue weighted by Crippen LogP contribution is -2.56. The minimum atomic E-state index is -0.571. The molecule has 1 saturated heterocycles. The third-order valence-electron chi connectivity index (χ3n) is 5.18. The number of nitriles is 1. The SMILES string of the molecule is N#Cc1cc(-c2ccc3c(n2)N(C(=O)Nc2ccccn2)[C@H]2CCN32)ccc1F. The van der Waals surface area contributed by atoms with Gasteiger partial charge in [0.25, 0.3) is 0 Å². The lowest BCUT2D eigenvalue weighted by Gasteiger charge is -2.39. The van der Waals surface area contributed by atoms with Gasteiger partial charge in [0, 0.05) is 24.7 Å². The van der Waals surface area contributed by atoms with Crippen LogP contribution in [0.25, 0.3) is 11.3 Å². The highest BCUT2D eigenvalue weighted by atomic mass is 19.1. The van der Waals surface area contributed by atoms with Gasteiger partial charge in [-0.2, -0.15) is 5.26 Å². The van der Waals surface area contributed by atoms with Gasteiger partial charge in [0.15, 0.2) is 5.82 Å². The Bertz CT molecular complexity index is 1160. The summed E-state index contributed by atoms with van der Waals surface area (Å²) in [5, 5.41) is 11.9. The van der Waals surface area contributed by atoms with Crippen LogP contribution in [0.4, 0.5) is 26.5 Å². The van der Waals surface area contributed by atoms with Crippen LogP contribution < -0.4 is 15.1 Å². The molecule has 2 amide bonds. The van der Waals surface area contributed by atoms with Crippen LogP contribution in [-0.2, 0) is 0 Å². The number of carbonyl (C=O) groups is 1. The number of hydrogen-bond acceptors (Lipinski definition) is 5. The van der Waals surface area contributed by atoms with E-state index in [4.69, 9.17) is 5.26 Å². The molecule has 8 heteroatoms. The zero-order valence-corrected chi connectivity index (χ0v) is 15.2. The van der Waals surface area contributed by atoms with Gasteiger partial charge in [0.2, 0.25) is 0 Å². The van der Waals surface area contributed by atoms with Crippen LogP contribution in [0.5, 0.6) is 0 Å². The van der Waals surface area contributed by atoms with Crippen LogP contribution in [-0.4, -0.2) is 28.7 Å². The molecule has 0 aliphatic carbocycles. The highest BCUT2D eigenvalue weighted by molar-refractivity contribution is 6.06. The summed E-state index contributed by atoms with van der Waals surface area (Å²) in [6.07, 6.45) is 2.37. The van der Waals surface area contributed by atoms with E-state index in [1.165, 1.54) is 12.1 Å². The maximum atomic E-state index is 13.7. The molecule has 1 atom stereocenters. The number of nitrogens with one attached hydrogen (secondary N) is 1. The maximum Gasteiger partial charge on any atom is 0.330 e. The molecule has 0 saturated carbocycles. The molecule has 3 aromatic rings. The fourth-order valence-corrected chi connectivity index (χ4v) is 3.68. The van der Waals surface area contributed by atoms with E-state index >= 15 is 0 Å². The van der Waals surface area contributed by atoms with E-state index in [2.05, 4.69) is 20.2 Å². The number of halogens is 1. The molecule has 2 aliphatic heterocycles. The van der Waals surface area contributed by atoms with Crippen molar-refractivity contribution in [2.45, 2.75) is 12.6 Å². The van der Waals surface area contributed by atoms with Crippen molar-refractivity contribution in [1.29, 1.82) is 5.26 Å². The smallest absolute Gasteiger partial charge is 0.330 e. The second-order valence-corrected chi connectivity index (χ2v) is 6.82. The molecule has 29 heavy (non-hydrogen) atoms. The molecule has 1 aromatic carbocycles. The number of carbonyl (C=O) groups excluding carboxylic acids is 1. The van der Waals surface area contributed by atoms with E-state index < -0.39 is 5.82 Å². The summed E-state index contributed by atoms with van der Waals surface area (Å²) >= 11 is 0. The number of benzene rings is 1. The standard InChI is InChI=1S/C21H15FN6O/c22-15-5-4-13(11-14(15)12-23)16-6-7-17-20(25-16)28(19-8-10-27(17)19)21(29)26-18-3-1-2-9-24-18/h1-7,9,11,19H,8,10H2,(H,24,26,29)/t19-/m0/s1. The van der Waals surface area contributed by atoms with Gasteiger partial charge in [-0.1, -0.05) is 6.07 Å². The Kier molecular flexibility index (Phi) is 3.88. The molecule has 142 valence electrons. The first kappa shape index (κ1) is 17.1. The van der Waals surface area contributed by atoms with Crippen molar-refractivity contribution < 1.29 is 9.18 Å². The lowest BCUT2D eigenvalue weighted by atomic mass is 10.1. The van der Waals surface area contributed by atoms with E-state index in [1.807, 2.05) is 18.2 Å². The maximum absolute atomic E-state index is 13.7. The van der Waals surface area contributed by atoms with Crippen LogP contribution in [0.1, 0.15) is 12.0 Å². The van der Waals surface area contributed by atoms with Crippen molar-refractivity contribution in [2.24, 2.45) is 0 Å². The predicted octanol–water partition coefficient (Wildman–Crippen LogP) is 3.74. The Morgan fingerprint density at radius 1 is 1.24 bits per heavy atom. The molecule has 5 rings (SSSR count). The van der Waals surface area contributed by atoms with Crippen molar-refractivity contribution in [3.8, 4) is 17.3 Å². The molecule has 2 aliphatic rings. The van der Waals surface area contributed by atoms with Crippen molar-refractivity contribution in [1.82, 2.24) is 9.97 Å². The van der Waals surface area contributed by atoms with Gasteiger partial charge in [-0.25, -0.2) is 19.2 Å². The van der Waals surface area contributed by atoms with Gasteiger partial charge >= 0.3 is 6.03 Å². The van der Waals surface area contributed by atoms with E-state index in [9.17, 15) is 9.18 Å². The third-order valence-corrected chi connectivity index (χ3v) is 5.18. The minimum Gasteiger partial charge on any atom is -0.347 e. The normalized spacial score (nSPS) is 16.5. The molecular weight excluding hydrogens is 371 g/mol. The summed E-state index contributed by atoms with van der Waals surface area (Å²) in [7, 11) is 0. The van der Waals surface area contributed by atoms with E-state index in [0.29, 0.717) is 22.9 Å². The largest absolute Gasteiger partial charge is 0.347 e. The number of aromatic nitrogens is 2. The number of rotatable bonds is 2. The molecule has 1 N–H and O–H groups in total. The fourth-order valence-electron chi connectivity index (χ4n) is 3.68. The number of nitrogens with zero attached hydrogens (tertiary/aromatic N) is 5. The summed E-state index contributed by atoms with van der Waals surface area (Å²) in [5.41, 5.74) is 2.02. The predicted molar refractivity (Wildman–Crippen MR) is 106 cm³/mol. The van der Waals surface area contributed by atoms with Crippen LogP contribution >= 0.6 is 0 Å². The van der Waals surface area contributed by atoms with E-state index in [0.717, 1.165) is 18.7 Å². The molecule has 0 bridgehead atoms. The minimum absolute atomic E-state index is 0.0432. The highest BCUT2D eigenvalue weighted by Gasteiger charge is 2.46. The van der Waals surface area contributed by atoms with Gasteiger partial charge in [0.1, 0.15) is 23.9 Å². The van der Waals surface area contributed by atoms with Crippen LogP contribution in [0, 0.1) is 17.1 Å². The average Bonchev–Trinajstić information content (AvgIpc) is 2.94. The fraction of sp³-hybridized carbons (Fsp3) is 0.143. The molecule has 7 nitrogen and oxygen atoms in total. The van der Waals surface area contributed by atoms with Gasteiger partial charge < -0.3 is 4.90 Å². The van der Waals surface area contributed by atoms with E-state index in [-0.39, 0.29) is 17.8 Å². The van der Waals surface area contributed by atoms with Crippen LogP contribution in [0.3, 0.4) is 0 Å². The van der Waals surface area contributed by atoms with E-state index in [1.54, 1.807) is 35.4 Å². The Morgan fingerprint density at radius 3 is 2.86 bits per heavy atom. The zero-order chi connectivity index (χ0) is 20.0. The van der Waals surface area contributed by atoms with Gasteiger partial charge in [-0.05, 0) is 42.5 Å². The molecule has 1 fully saturated rings. The van der Waals surface area contributed by atoms with Crippen molar-refractivity contribution in [3.05, 3.63) is 66.1 Å². The Labute approximate surface area is 166 Å². The average molecular weight is 386 g/mol. The third kappa shape index (κ3) is 2.75. The quantitative estimate of drug-likeness (QED) is 0.725. The summed E-state index contributed by atoms with van der Waals surface area (Å²) < 4.78 is 13.7. The zero-order valence-electron chi connectivity index (χ0n) is 15.2. The second kappa shape index (κ2) is 6.56. The first-order valence-corrected chi connectivity index (χ1v) is 9.14. The first-order valence-electron chi connectivity index (χ1n) is 9.14. The summed E-state index contributed by atoms with van der Waals surface area (Å²) in [5.74, 6) is 0.435. The Hall–Kier alpha value is -3.99. The lowest BCUT2D eigenvalue weighted by molar-refractivity contribution is 0.252. The van der Waals surface area contributed by atoms with Crippen molar-refractivity contribution in [3.63, 3.8) is 0 Å². The van der Waals surface area contributed by atoms with Gasteiger partial charge in [-0.3, -0.25) is 10.2 Å². The number of fused-ring (bicyclic) bond motifs is 3. The van der Waals surface area contributed by atoms with Crippen molar-refractivity contribution in [2.75, 3.05) is 21.7 Å². The second-order valence-electron chi connectivity index (χ2n) is 6.82. The monoisotopic (exact) mass is 386 g/mol. The molecule has 4 heterocycles. The summed E-state index contributed by atoms with van der Waals surface area (Å²) in [6.45, 7) is 0.848. The number of pyridine rings is 2. The summed E-state index contributed by atoms with van der Waals surface area (Å²) in [6, 6.07) is 14.9. The number of hydrogen-bond donors (Lipinski definition) is 1. The molecular formula is C21H15FN6O. The topological polar surface area (TPSA) is 85.1 Å².